The fourth-order valence-electron chi connectivity index (χ4n) is 3.80. The molecule has 0 unspecified atom stereocenters. The molecule has 7 nitrogen and oxygen atoms in total. The molecule has 0 radical (unpaired) electrons. The van der Waals surface area contributed by atoms with E-state index in [1.165, 1.54) is 5.56 Å². The molecule has 3 aromatic heterocycles. The van der Waals surface area contributed by atoms with Crippen molar-refractivity contribution < 1.29 is 4.52 Å². The van der Waals surface area contributed by atoms with Gasteiger partial charge in [-0.3, -0.25) is 4.68 Å². The summed E-state index contributed by atoms with van der Waals surface area (Å²) in [5.41, 5.74) is 9.70. The van der Waals surface area contributed by atoms with Gasteiger partial charge in [-0.2, -0.15) is 10.1 Å². The van der Waals surface area contributed by atoms with Crippen molar-refractivity contribution in [2.45, 2.75) is 24.7 Å². The summed E-state index contributed by atoms with van der Waals surface area (Å²) >= 11 is 0. The SMILES string of the molecule is Cn1cc(-c2nc(C3(c4ccc(-c5ccc(N)nc5)cc4)CCC3)no2)cn1. The Bertz CT molecular complexity index is 1110. The van der Waals surface area contributed by atoms with Gasteiger partial charge in [-0.25, -0.2) is 4.98 Å². The maximum Gasteiger partial charge on any atom is 0.261 e. The van der Waals surface area contributed by atoms with Crippen LogP contribution >= 0.6 is 0 Å². The fourth-order valence-corrected chi connectivity index (χ4v) is 3.80. The third-order valence-corrected chi connectivity index (χ3v) is 5.57. The first-order valence-electron chi connectivity index (χ1n) is 9.30. The van der Waals surface area contributed by atoms with Crippen molar-refractivity contribution in [3.8, 4) is 22.6 Å². The average molecular weight is 372 g/mol. The van der Waals surface area contributed by atoms with E-state index in [2.05, 4.69) is 39.5 Å². The first-order chi connectivity index (χ1) is 13.6. The number of nitrogens with zero attached hydrogens (tertiary/aromatic N) is 5. The highest BCUT2D eigenvalue weighted by Gasteiger charge is 2.44. The molecule has 7 heteroatoms. The van der Waals surface area contributed by atoms with E-state index >= 15 is 0 Å². The van der Waals surface area contributed by atoms with Gasteiger partial charge in [-0.15, -0.1) is 0 Å². The van der Waals surface area contributed by atoms with Gasteiger partial charge in [-0.1, -0.05) is 35.8 Å². The van der Waals surface area contributed by atoms with Crippen LogP contribution in [0.15, 0.2) is 59.5 Å². The molecule has 0 saturated heterocycles. The molecular weight excluding hydrogens is 352 g/mol. The van der Waals surface area contributed by atoms with Crippen LogP contribution in [0.1, 0.15) is 30.7 Å². The zero-order chi connectivity index (χ0) is 19.1. The van der Waals surface area contributed by atoms with Crippen LogP contribution in [0.5, 0.6) is 0 Å². The highest BCUT2D eigenvalue weighted by atomic mass is 16.5. The van der Waals surface area contributed by atoms with Gasteiger partial charge in [0.2, 0.25) is 0 Å². The number of aromatic nitrogens is 5. The minimum absolute atomic E-state index is 0.179. The van der Waals surface area contributed by atoms with Gasteiger partial charge < -0.3 is 10.3 Å². The van der Waals surface area contributed by atoms with Gasteiger partial charge in [-0.05, 0) is 36.1 Å². The van der Waals surface area contributed by atoms with Crippen molar-refractivity contribution in [1.82, 2.24) is 24.9 Å². The number of pyridine rings is 1. The number of anilines is 1. The molecule has 1 aliphatic carbocycles. The molecule has 2 N–H and O–H groups in total. The predicted molar refractivity (Wildman–Crippen MR) is 105 cm³/mol. The number of nitrogens with two attached hydrogens (primary N) is 1. The van der Waals surface area contributed by atoms with Crippen LogP contribution < -0.4 is 5.73 Å². The molecule has 0 aliphatic heterocycles. The quantitative estimate of drug-likeness (QED) is 0.588. The summed E-state index contributed by atoms with van der Waals surface area (Å²) in [6.07, 6.45) is 8.59. The second-order valence-electron chi connectivity index (χ2n) is 7.31. The third kappa shape index (κ3) is 2.67. The molecule has 0 spiro atoms. The van der Waals surface area contributed by atoms with Crippen LogP contribution in [0, 0.1) is 0 Å². The van der Waals surface area contributed by atoms with Crippen molar-refractivity contribution in [3.05, 3.63) is 66.4 Å². The standard InChI is InChI=1S/C21H20N6O/c1-27-13-16(12-24-27)19-25-20(26-28-19)21(9-2-10-21)17-6-3-14(4-7-17)15-5-8-18(22)23-11-15/h3-8,11-13H,2,9-10H2,1H3,(H2,22,23). The Labute approximate surface area is 162 Å². The number of hydrogen-bond acceptors (Lipinski definition) is 6. The molecular formula is C21H20N6O. The smallest absolute Gasteiger partial charge is 0.261 e. The second-order valence-corrected chi connectivity index (χ2v) is 7.31. The highest BCUT2D eigenvalue weighted by molar-refractivity contribution is 5.64. The number of aryl methyl sites for hydroxylation is 1. The van der Waals surface area contributed by atoms with Gasteiger partial charge >= 0.3 is 0 Å². The molecule has 1 aliphatic rings. The third-order valence-electron chi connectivity index (χ3n) is 5.57. The van der Waals surface area contributed by atoms with E-state index in [4.69, 9.17) is 15.2 Å². The summed E-state index contributed by atoms with van der Waals surface area (Å²) in [5.74, 6) is 1.79. The number of benzene rings is 1. The van der Waals surface area contributed by atoms with E-state index < -0.39 is 0 Å². The second kappa shape index (κ2) is 6.30. The van der Waals surface area contributed by atoms with E-state index in [1.54, 1.807) is 17.1 Å². The Hall–Kier alpha value is -3.48. The van der Waals surface area contributed by atoms with Crippen LogP contribution in [0.25, 0.3) is 22.6 Å². The maximum atomic E-state index is 5.68. The van der Waals surface area contributed by atoms with E-state index in [0.29, 0.717) is 11.7 Å². The lowest BCUT2D eigenvalue weighted by Crippen LogP contribution is -2.36. The Morgan fingerprint density at radius 1 is 1.00 bits per heavy atom. The molecule has 4 aromatic rings. The number of hydrogen-bond donors (Lipinski definition) is 1. The summed E-state index contributed by atoms with van der Waals surface area (Å²) in [6, 6.07) is 12.3. The van der Waals surface area contributed by atoms with Crippen molar-refractivity contribution in [2.24, 2.45) is 7.05 Å². The first-order valence-corrected chi connectivity index (χ1v) is 9.30. The van der Waals surface area contributed by atoms with Crippen LogP contribution in [-0.2, 0) is 12.5 Å². The van der Waals surface area contributed by atoms with Gasteiger partial charge in [0, 0.05) is 25.0 Å². The van der Waals surface area contributed by atoms with E-state index in [9.17, 15) is 0 Å². The van der Waals surface area contributed by atoms with Crippen molar-refractivity contribution in [1.29, 1.82) is 0 Å². The van der Waals surface area contributed by atoms with Crippen LogP contribution in [0.2, 0.25) is 0 Å². The molecule has 1 saturated carbocycles. The lowest BCUT2D eigenvalue weighted by Gasteiger charge is -2.39. The maximum absolute atomic E-state index is 5.68. The molecule has 1 fully saturated rings. The van der Waals surface area contributed by atoms with Crippen molar-refractivity contribution in [2.75, 3.05) is 5.73 Å². The van der Waals surface area contributed by atoms with Gasteiger partial charge in [0.25, 0.3) is 5.89 Å². The van der Waals surface area contributed by atoms with Crippen molar-refractivity contribution >= 4 is 5.82 Å². The topological polar surface area (TPSA) is 95.7 Å². The predicted octanol–water partition coefficient (Wildman–Crippen LogP) is 3.58. The largest absolute Gasteiger partial charge is 0.384 e. The van der Waals surface area contributed by atoms with Crippen LogP contribution in [-0.4, -0.2) is 24.9 Å². The summed E-state index contributed by atoms with van der Waals surface area (Å²) < 4.78 is 7.26. The lowest BCUT2D eigenvalue weighted by atomic mass is 9.64. The molecule has 3 heterocycles. The summed E-state index contributed by atoms with van der Waals surface area (Å²) in [6.45, 7) is 0. The molecule has 28 heavy (non-hydrogen) atoms. The average Bonchev–Trinajstić information content (AvgIpc) is 3.32. The zero-order valence-electron chi connectivity index (χ0n) is 15.5. The van der Waals surface area contributed by atoms with Gasteiger partial charge in [0.15, 0.2) is 5.82 Å². The number of rotatable bonds is 4. The minimum Gasteiger partial charge on any atom is -0.384 e. The van der Waals surface area contributed by atoms with Gasteiger partial charge in [0.1, 0.15) is 5.82 Å². The number of nitrogen functional groups attached to an aromatic ring is 1. The Morgan fingerprint density at radius 2 is 1.79 bits per heavy atom. The van der Waals surface area contributed by atoms with E-state index in [1.807, 2.05) is 25.4 Å². The van der Waals surface area contributed by atoms with Crippen molar-refractivity contribution in [3.63, 3.8) is 0 Å². The Balaban J connectivity index is 1.47. The highest BCUT2D eigenvalue weighted by Crippen LogP contribution is 2.48. The summed E-state index contributed by atoms with van der Waals surface area (Å²) in [4.78, 5) is 8.87. The molecule has 140 valence electrons. The minimum atomic E-state index is -0.179. The van der Waals surface area contributed by atoms with E-state index in [0.717, 1.165) is 41.8 Å². The molecule has 0 atom stereocenters. The Kier molecular flexibility index (Phi) is 3.75. The molecule has 0 amide bonds. The van der Waals surface area contributed by atoms with Gasteiger partial charge in [0.05, 0.1) is 17.2 Å². The molecule has 1 aromatic carbocycles. The summed E-state index contributed by atoms with van der Waals surface area (Å²) in [7, 11) is 1.87. The fraction of sp³-hybridized carbons (Fsp3) is 0.238. The summed E-state index contributed by atoms with van der Waals surface area (Å²) in [5, 5.41) is 8.49. The van der Waals surface area contributed by atoms with E-state index in [-0.39, 0.29) is 5.41 Å². The first kappa shape index (κ1) is 16.7. The molecule has 0 bridgehead atoms. The van der Waals surface area contributed by atoms with Crippen LogP contribution in [0.4, 0.5) is 5.82 Å². The van der Waals surface area contributed by atoms with Crippen LogP contribution in [0.3, 0.4) is 0 Å². The molecule has 5 rings (SSSR count). The zero-order valence-corrected chi connectivity index (χ0v) is 15.5. The monoisotopic (exact) mass is 372 g/mol. The lowest BCUT2D eigenvalue weighted by molar-refractivity contribution is 0.273. The normalized spacial score (nSPS) is 15.3. The Morgan fingerprint density at radius 3 is 2.39 bits per heavy atom.